The van der Waals surface area contributed by atoms with E-state index in [2.05, 4.69) is 23.9 Å². The Bertz CT molecular complexity index is 341. The van der Waals surface area contributed by atoms with Gasteiger partial charge in [-0.3, -0.25) is 0 Å². The molecule has 0 bridgehead atoms. The van der Waals surface area contributed by atoms with E-state index >= 15 is 0 Å². The molecule has 102 valence electrons. The zero-order chi connectivity index (χ0) is 13.7. The Labute approximate surface area is 107 Å². The molecule has 1 heterocycles. The van der Waals surface area contributed by atoms with Crippen LogP contribution in [-0.4, -0.2) is 31.3 Å². The highest BCUT2D eigenvalue weighted by Crippen LogP contribution is 2.35. The third kappa shape index (κ3) is 3.15. The molecule has 0 aromatic rings. The third-order valence-corrected chi connectivity index (χ3v) is 3.89. The topological polar surface area (TPSA) is 84.3 Å². The van der Waals surface area contributed by atoms with Crippen molar-refractivity contribution in [2.24, 2.45) is 22.9 Å². The summed E-state index contributed by atoms with van der Waals surface area (Å²) in [5, 5.41) is 3.55. The van der Waals surface area contributed by atoms with E-state index in [-0.39, 0.29) is 30.5 Å². The van der Waals surface area contributed by atoms with Crippen molar-refractivity contribution in [1.82, 2.24) is 0 Å². The van der Waals surface area contributed by atoms with Crippen LogP contribution in [0.2, 0.25) is 0 Å². The average Bonchev–Trinajstić information content (AvgIpc) is 2.35. The van der Waals surface area contributed by atoms with Crippen LogP contribution in [0.15, 0.2) is 5.11 Å². The second kappa shape index (κ2) is 6.61. The zero-order valence-corrected chi connectivity index (χ0v) is 11.4. The van der Waals surface area contributed by atoms with Gasteiger partial charge in [0, 0.05) is 4.91 Å². The van der Waals surface area contributed by atoms with Crippen LogP contribution in [0.4, 0.5) is 0 Å². The van der Waals surface area contributed by atoms with Crippen molar-refractivity contribution in [3.05, 3.63) is 10.4 Å². The van der Waals surface area contributed by atoms with E-state index in [1.165, 1.54) is 0 Å². The number of carbonyl (C=O) groups excluding carboxylic acids is 1. The number of rotatable bonds is 4. The Hall–Kier alpha value is -1.26. The van der Waals surface area contributed by atoms with Crippen molar-refractivity contribution >= 4 is 5.97 Å². The van der Waals surface area contributed by atoms with E-state index in [9.17, 15) is 4.79 Å². The molecule has 0 aromatic carbocycles. The molecule has 0 N–H and O–H groups in total. The number of carbonyl (C=O) groups is 1. The maximum atomic E-state index is 11.8. The number of esters is 1. The van der Waals surface area contributed by atoms with Crippen LogP contribution in [0.3, 0.4) is 0 Å². The van der Waals surface area contributed by atoms with Crippen molar-refractivity contribution in [1.29, 1.82) is 0 Å². The number of ether oxygens (including phenoxy) is 2. The molecule has 1 aliphatic heterocycles. The molecular formula is C12H21N3O3. The highest BCUT2D eigenvalue weighted by atomic mass is 16.6. The lowest BCUT2D eigenvalue weighted by atomic mass is 9.76. The van der Waals surface area contributed by atoms with Gasteiger partial charge in [0.2, 0.25) is 0 Å². The summed E-state index contributed by atoms with van der Waals surface area (Å²) < 4.78 is 10.8. The summed E-state index contributed by atoms with van der Waals surface area (Å²) in [6.45, 7) is 8.51. The van der Waals surface area contributed by atoms with Gasteiger partial charge in [0.05, 0.1) is 19.3 Å². The first-order chi connectivity index (χ1) is 8.52. The molecular weight excluding hydrogens is 234 g/mol. The lowest BCUT2D eigenvalue weighted by molar-refractivity contribution is -0.182. The van der Waals surface area contributed by atoms with Crippen LogP contribution < -0.4 is 0 Å². The van der Waals surface area contributed by atoms with Crippen LogP contribution in [0, 0.1) is 17.8 Å². The van der Waals surface area contributed by atoms with Gasteiger partial charge in [-0.05, 0) is 30.2 Å². The average molecular weight is 255 g/mol. The molecule has 0 radical (unpaired) electrons. The Morgan fingerprint density at radius 3 is 2.56 bits per heavy atom. The lowest BCUT2D eigenvalue weighted by Gasteiger charge is -2.42. The van der Waals surface area contributed by atoms with Crippen molar-refractivity contribution in [2.75, 3.05) is 13.2 Å². The maximum absolute atomic E-state index is 11.8. The summed E-state index contributed by atoms with van der Waals surface area (Å²) in [6.07, 6.45) is -0.781. The smallest absolute Gasteiger partial charge is 0.335 e. The molecule has 0 unspecified atom stereocenters. The normalized spacial score (nSPS) is 35.7. The second-order valence-electron chi connectivity index (χ2n) is 4.84. The Morgan fingerprint density at radius 2 is 2.00 bits per heavy atom. The molecule has 1 fully saturated rings. The molecule has 0 aromatic heterocycles. The summed E-state index contributed by atoms with van der Waals surface area (Å²) in [5.74, 6) is 0.333. The molecule has 0 aliphatic carbocycles. The van der Waals surface area contributed by atoms with Crippen molar-refractivity contribution in [3.8, 4) is 0 Å². The lowest BCUT2D eigenvalue weighted by Crippen LogP contribution is -2.49. The minimum atomic E-state index is -0.560. The molecule has 0 amide bonds. The first kappa shape index (κ1) is 14.8. The summed E-state index contributed by atoms with van der Waals surface area (Å²) in [7, 11) is 0. The fourth-order valence-electron chi connectivity index (χ4n) is 2.35. The quantitative estimate of drug-likeness (QED) is 0.335. The van der Waals surface area contributed by atoms with Gasteiger partial charge in [-0.1, -0.05) is 25.9 Å². The predicted molar refractivity (Wildman–Crippen MR) is 66.8 cm³/mol. The van der Waals surface area contributed by atoms with Crippen molar-refractivity contribution in [3.63, 3.8) is 0 Å². The fourth-order valence-corrected chi connectivity index (χ4v) is 2.35. The molecule has 18 heavy (non-hydrogen) atoms. The highest BCUT2D eigenvalue weighted by Gasteiger charge is 2.42. The van der Waals surface area contributed by atoms with Gasteiger partial charge < -0.3 is 9.47 Å². The molecule has 0 saturated carbocycles. The largest absolute Gasteiger partial charge is 0.464 e. The van der Waals surface area contributed by atoms with E-state index in [0.29, 0.717) is 12.5 Å². The molecule has 0 spiro atoms. The summed E-state index contributed by atoms with van der Waals surface area (Å²) in [6, 6.07) is 0. The van der Waals surface area contributed by atoms with Crippen LogP contribution in [0.1, 0.15) is 27.7 Å². The van der Waals surface area contributed by atoms with Crippen molar-refractivity contribution < 1.29 is 14.3 Å². The van der Waals surface area contributed by atoms with Gasteiger partial charge in [-0.25, -0.2) is 4.79 Å². The Kier molecular flexibility index (Phi) is 5.44. The number of nitrogens with zero attached hydrogens (tertiary/aromatic N) is 3. The van der Waals surface area contributed by atoms with E-state index in [1.807, 2.05) is 6.92 Å². The molecule has 5 atom stereocenters. The van der Waals surface area contributed by atoms with Gasteiger partial charge in [-0.15, -0.1) is 0 Å². The van der Waals surface area contributed by atoms with E-state index in [0.717, 1.165) is 0 Å². The van der Waals surface area contributed by atoms with Gasteiger partial charge in [0.25, 0.3) is 0 Å². The van der Waals surface area contributed by atoms with Crippen LogP contribution in [0.25, 0.3) is 10.4 Å². The molecule has 1 rings (SSSR count). The minimum Gasteiger partial charge on any atom is -0.464 e. The number of hydrogen-bond acceptors (Lipinski definition) is 4. The van der Waals surface area contributed by atoms with Crippen LogP contribution >= 0.6 is 0 Å². The van der Waals surface area contributed by atoms with E-state index in [1.54, 1.807) is 6.92 Å². The highest BCUT2D eigenvalue weighted by molar-refractivity contribution is 5.75. The SMILES string of the molecule is CCOC(=O)[C@@H]1O[C@H](CN=[N+]=[N-])[C@@H](C)[C@H](C)[C@H]1C. The second-order valence-corrected chi connectivity index (χ2v) is 4.84. The standard InChI is InChI=1S/C12H21N3O3/c1-5-17-12(16)11-9(4)7(2)8(3)10(18-11)6-14-15-13/h7-11H,5-6H2,1-4H3/t7-,8-,9+,10+,11+/m0/s1. The summed E-state index contributed by atoms with van der Waals surface area (Å²) in [5.41, 5.74) is 8.37. The molecule has 1 saturated heterocycles. The predicted octanol–water partition coefficient (Wildman–Crippen LogP) is 2.54. The Balaban J connectivity index is 2.79. The molecule has 6 heteroatoms. The molecule has 6 nitrogen and oxygen atoms in total. The third-order valence-electron chi connectivity index (χ3n) is 3.89. The monoisotopic (exact) mass is 255 g/mol. The van der Waals surface area contributed by atoms with Gasteiger partial charge in [-0.2, -0.15) is 0 Å². The van der Waals surface area contributed by atoms with Crippen LogP contribution in [-0.2, 0) is 14.3 Å². The summed E-state index contributed by atoms with van der Waals surface area (Å²) in [4.78, 5) is 14.6. The minimum absolute atomic E-state index is 0.0985. The maximum Gasteiger partial charge on any atom is 0.335 e. The molecule has 1 aliphatic rings. The van der Waals surface area contributed by atoms with Gasteiger partial charge >= 0.3 is 5.97 Å². The first-order valence-electron chi connectivity index (χ1n) is 6.35. The zero-order valence-electron chi connectivity index (χ0n) is 11.4. The van der Waals surface area contributed by atoms with Crippen LogP contribution in [0.5, 0.6) is 0 Å². The Morgan fingerprint density at radius 1 is 1.33 bits per heavy atom. The first-order valence-corrected chi connectivity index (χ1v) is 6.35. The van der Waals surface area contributed by atoms with E-state index in [4.69, 9.17) is 15.0 Å². The van der Waals surface area contributed by atoms with Crippen molar-refractivity contribution in [2.45, 2.75) is 39.9 Å². The summed E-state index contributed by atoms with van der Waals surface area (Å²) >= 11 is 0. The van der Waals surface area contributed by atoms with Gasteiger partial charge in [0.15, 0.2) is 6.10 Å². The fraction of sp³-hybridized carbons (Fsp3) is 0.917. The number of hydrogen-bond donors (Lipinski definition) is 0. The van der Waals surface area contributed by atoms with E-state index < -0.39 is 6.10 Å². The number of azide groups is 1. The van der Waals surface area contributed by atoms with Gasteiger partial charge in [0.1, 0.15) is 0 Å².